The lowest BCUT2D eigenvalue weighted by Crippen LogP contribution is -2.27. The highest BCUT2D eigenvalue weighted by atomic mass is 16.6. The Morgan fingerprint density at radius 2 is 1.88 bits per heavy atom. The number of nitrogens with one attached hydrogen (secondary N) is 1. The lowest BCUT2D eigenvalue weighted by atomic mass is 9.98. The molecule has 0 bridgehead atoms. The van der Waals surface area contributed by atoms with Gasteiger partial charge in [0, 0.05) is 24.8 Å². The third kappa shape index (κ3) is 5.96. The van der Waals surface area contributed by atoms with Crippen LogP contribution in [-0.2, 0) is 17.9 Å². The topological polar surface area (TPSA) is 153 Å². The fourth-order valence-corrected chi connectivity index (χ4v) is 4.27. The Bertz CT molecular complexity index is 1630. The molecule has 0 saturated heterocycles. The molecule has 0 atom stereocenters. The number of aromatic amines is 1. The molecule has 40 heavy (non-hydrogen) atoms. The van der Waals surface area contributed by atoms with Gasteiger partial charge in [-0.3, -0.25) is 0 Å². The molecule has 12 nitrogen and oxygen atoms in total. The van der Waals surface area contributed by atoms with Gasteiger partial charge in [0.05, 0.1) is 0 Å². The molecule has 0 saturated carbocycles. The van der Waals surface area contributed by atoms with Gasteiger partial charge in [0.1, 0.15) is 17.7 Å². The molecule has 5 aromatic rings. The van der Waals surface area contributed by atoms with E-state index in [2.05, 4.69) is 37.5 Å². The second kappa shape index (κ2) is 12.2. The number of esters is 1. The maximum absolute atomic E-state index is 13.0. The first-order valence-electron chi connectivity index (χ1n) is 12.8. The van der Waals surface area contributed by atoms with Crippen molar-refractivity contribution in [3.8, 4) is 22.5 Å². The first kappa shape index (κ1) is 26.5. The second-order valence-electron chi connectivity index (χ2n) is 9.04. The van der Waals surface area contributed by atoms with Gasteiger partial charge in [-0.1, -0.05) is 61.9 Å². The number of rotatable bonds is 11. The van der Waals surface area contributed by atoms with Crippen molar-refractivity contribution in [3.05, 3.63) is 94.3 Å². The van der Waals surface area contributed by atoms with Crippen molar-refractivity contribution in [3.63, 3.8) is 0 Å². The molecule has 3 heterocycles. The maximum Gasteiger partial charge on any atom is 0.519 e. The molecule has 0 fully saturated rings. The van der Waals surface area contributed by atoms with E-state index in [4.69, 9.17) is 13.6 Å². The summed E-state index contributed by atoms with van der Waals surface area (Å²) in [6, 6.07) is 16.1. The molecule has 0 aliphatic heterocycles. The summed E-state index contributed by atoms with van der Waals surface area (Å²) in [6.45, 7) is 4.61. The molecule has 2 aromatic carbocycles. The largest absolute Gasteiger partial charge is 0.519 e. The van der Waals surface area contributed by atoms with Gasteiger partial charge in [-0.25, -0.2) is 24.7 Å². The maximum atomic E-state index is 13.0. The Kier molecular flexibility index (Phi) is 8.05. The van der Waals surface area contributed by atoms with Gasteiger partial charge in [0.25, 0.3) is 0 Å². The fraction of sp³-hybridized carbons (Fsp3) is 0.250. The lowest BCUT2D eigenvalue weighted by Gasteiger charge is -2.25. The number of ether oxygens (including phenoxy) is 1. The van der Waals surface area contributed by atoms with Gasteiger partial charge in [0.2, 0.25) is 0 Å². The minimum Gasteiger partial charge on any atom is -0.454 e. The Hall–Kier alpha value is -5.13. The van der Waals surface area contributed by atoms with Crippen LogP contribution in [0.15, 0.2) is 74.7 Å². The van der Waals surface area contributed by atoms with Crippen LogP contribution in [0.25, 0.3) is 22.5 Å². The number of hydrogen-bond acceptors (Lipinski definition) is 11. The average molecular weight is 542 g/mol. The molecule has 12 heteroatoms. The van der Waals surface area contributed by atoms with E-state index in [1.807, 2.05) is 53.4 Å². The monoisotopic (exact) mass is 541 g/mol. The zero-order valence-corrected chi connectivity index (χ0v) is 22.0. The summed E-state index contributed by atoms with van der Waals surface area (Å²) in [6.07, 6.45) is 4.70. The number of anilines is 1. The van der Waals surface area contributed by atoms with E-state index in [0.29, 0.717) is 24.7 Å². The third-order valence-corrected chi connectivity index (χ3v) is 6.33. The second-order valence-corrected chi connectivity index (χ2v) is 9.04. The highest BCUT2D eigenvalue weighted by Crippen LogP contribution is 2.30. The van der Waals surface area contributed by atoms with Crippen LogP contribution < -0.4 is 10.7 Å². The zero-order valence-electron chi connectivity index (χ0n) is 22.0. The van der Waals surface area contributed by atoms with Crippen molar-refractivity contribution < 1.29 is 18.4 Å². The number of nitrogens with zero attached hydrogens (tertiary/aromatic N) is 6. The van der Waals surface area contributed by atoms with E-state index < -0.39 is 11.8 Å². The van der Waals surface area contributed by atoms with Crippen molar-refractivity contribution in [2.24, 2.45) is 0 Å². The highest BCUT2D eigenvalue weighted by molar-refractivity contribution is 5.94. The molecule has 5 rings (SSSR count). The number of carbonyl (C=O) groups is 1. The average Bonchev–Trinajstić information content (AvgIpc) is 3.63. The molecule has 0 unspecified atom stereocenters. The smallest absolute Gasteiger partial charge is 0.454 e. The number of benzene rings is 2. The number of aryl methyl sites for hydroxylation is 1. The van der Waals surface area contributed by atoms with Gasteiger partial charge in [-0.2, -0.15) is 0 Å². The molecule has 0 spiro atoms. The molecule has 1 N–H and O–H groups in total. The molecule has 0 amide bonds. The molecule has 3 aromatic heterocycles. The minimum absolute atomic E-state index is 0.154. The van der Waals surface area contributed by atoms with Gasteiger partial charge in [0.15, 0.2) is 24.0 Å². The summed E-state index contributed by atoms with van der Waals surface area (Å²) in [5.74, 6) is -0.00209. The number of H-pyrrole nitrogens is 1. The predicted molar refractivity (Wildman–Crippen MR) is 144 cm³/mol. The SMILES string of the molecule is CCCCN(Cc1ccc(-c2ccccc2-c2nnn[nH]2)cc1)c1ncncc1C(=O)OCc1oc(=O)oc1C. The van der Waals surface area contributed by atoms with Gasteiger partial charge >= 0.3 is 11.8 Å². The Morgan fingerprint density at radius 1 is 1.07 bits per heavy atom. The highest BCUT2D eigenvalue weighted by Gasteiger charge is 2.21. The quantitative estimate of drug-likeness (QED) is 0.238. The Morgan fingerprint density at radius 3 is 2.58 bits per heavy atom. The standard InChI is InChI=1S/C28H27N7O5/c1-3-4-13-35(26-23(14-29-17-30-26)27(36)38-16-24-18(2)39-28(37)40-24)15-19-9-11-20(12-10-19)21-7-5-6-8-22(21)25-31-33-34-32-25/h5-12,14,17H,3-4,13,15-16H2,1-2H3,(H,31,32,33,34). The molecule has 0 radical (unpaired) electrons. The third-order valence-electron chi connectivity index (χ3n) is 6.33. The van der Waals surface area contributed by atoms with Crippen LogP contribution in [0.2, 0.25) is 0 Å². The first-order chi connectivity index (χ1) is 19.5. The summed E-state index contributed by atoms with van der Waals surface area (Å²) < 4.78 is 15.2. The summed E-state index contributed by atoms with van der Waals surface area (Å²) >= 11 is 0. The van der Waals surface area contributed by atoms with Crippen molar-refractivity contribution in [2.45, 2.75) is 39.8 Å². The lowest BCUT2D eigenvalue weighted by molar-refractivity contribution is 0.0442. The zero-order chi connectivity index (χ0) is 27.9. The molecular formula is C28H27N7O5. The van der Waals surface area contributed by atoms with Gasteiger partial charge in [-0.15, -0.1) is 5.10 Å². The molecule has 0 aliphatic carbocycles. The number of tetrazole rings is 1. The van der Waals surface area contributed by atoms with Crippen molar-refractivity contribution in [1.82, 2.24) is 30.6 Å². The molecular weight excluding hydrogens is 514 g/mol. The molecule has 204 valence electrons. The van der Waals surface area contributed by atoms with Crippen LogP contribution in [0.5, 0.6) is 0 Å². The summed E-state index contributed by atoms with van der Waals surface area (Å²) in [5.41, 5.74) is 4.17. The van der Waals surface area contributed by atoms with Crippen LogP contribution in [0.1, 0.15) is 47.2 Å². The number of hydrogen-bond donors (Lipinski definition) is 1. The van der Waals surface area contributed by atoms with E-state index >= 15 is 0 Å². The number of unbranched alkanes of at least 4 members (excludes halogenated alkanes) is 1. The van der Waals surface area contributed by atoms with E-state index in [0.717, 1.165) is 35.1 Å². The van der Waals surface area contributed by atoms with Gasteiger partial charge < -0.3 is 18.5 Å². The van der Waals surface area contributed by atoms with Crippen LogP contribution in [-0.4, -0.2) is 43.1 Å². The minimum atomic E-state index is -0.845. The summed E-state index contributed by atoms with van der Waals surface area (Å²) in [4.78, 5) is 34.8. The van der Waals surface area contributed by atoms with Gasteiger partial charge in [-0.05, 0) is 40.5 Å². The van der Waals surface area contributed by atoms with E-state index in [1.165, 1.54) is 12.5 Å². The molecule has 0 aliphatic rings. The van der Waals surface area contributed by atoms with Crippen LogP contribution >= 0.6 is 0 Å². The van der Waals surface area contributed by atoms with E-state index in [9.17, 15) is 9.59 Å². The van der Waals surface area contributed by atoms with E-state index in [-0.39, 0.29) is 23.7 Å². The van der Waals surface area contributed by atoms with Crippen LogP contribution in [0.4, 0.5) is 5.82 Å². The van der Waals surface area contributed by atoms with Crippen LogP contribution in [0, 0.1) is 6.92 Å². The Labute approximate surface area is 229 Å². The number of carbonyl (C=O) groups excluding carboxylic acids is 1. The van der Waals surface area contributed by atoms with Crippen molar-refractivity contribution in [1.29, 1.82) is 0 Å². The summed E-state index contributed by atoms with van der Waals surface area (Å²) in [7, 11) is 0. The van der Waals surface area contributed by atoms with Crippen LogP contribution in [0.3, 0.4) is 0 Å². The van der Waals surface area contributed by atoms with Crippen molar-refractivity contribution in [2.75, 3.05) is 11.4 Å². The predicted octanol–water partition coefficient (Wildman–Crippen LogP) is 4.34. The number of aromatic nitrogens is 6. The van der Waals surface area contributed by atoms with E-state index in [1.54, 1.807) is 6.92 Å². The Balaban J connectivity index is 1.36. The van der Waals surface area contributed by atoms with Crippen molar-refractivity contribution >= 4 is 11.8 Å². The summed E-state index contributed by atoms with van der Waals surface area (Å²) in [5, 5.41) is 14.3. The normalized spacial score (nSPS) is 10.9. The fourth-order valence-electron chi connectivity index (χ4n) is 4.27. The first-order valence-corrected chi connectivity index (χ1v) is 12.8.